The van der Waals surface area contributed by atoms with Crippen LogP contribution < -0.4 is 5.32 Å². The maximum Gasteiger partial charge on any atom is 0.223 e. The van der Waals surface area contributed by atoms with Crippen LogP contribution in [0.4, 0.5) is 0 Å². The van der Waals surface area contributed by atoms with E-state index in [1.54, 1.807) is 7.05 Å². The van der Waals surface area contributed by atoms with Gasteiger partial charge in [-0.05, 0) is 41.4 Å². The second-order valence-corrected chi connectivity index (χ2v) is 8.52. The van der Waals surface area contributed by atoms with Gasteiger partial charge in [0.1, 0.15) is 0 Å². The first kappa shape index (κ1) is 16.5. The molecular formula is C17H33NO. The van der Waals surface area contributed by atoms with Crippen LogP contribution in [-0.4, -0.2) is 13.0 Å². The van der Waals surface area contributed by atoms with E-state index in [1.807, 2.05) is 0 Å². The molecule has 1 aliphatic carbocycles. The Bertz CT molecular complexity index is 340. The highest BCUT2D eigenvalue weighted by Crippen LogP contribution is 2.65. The normalized spacial score (nSPS) is 28.9. The Morgan fingerprint density at radius 1 is 1.32 bits per heavy atom. The van der Waals surface area contributed by atoms with Crippen LogP contribution in [0.15, 0.2) is 0 Å². The molecule has 1 rings (SSSR count). The summed E-state index contributed by atoms with van der Waals surface area (Å²) in [4.78, 5) is 12.1. The molecule has 0 saturated heterocycles. The van der Waals surface area contributed by atoms with Gasteiger partial charge in [0, 0.05) is 13.0 Å². The Balaban J connectivity index is 2.78. The lowest BCUT2D eigenvalue weighted by Gasteiger charge is -2.36. The number of carbonyl (C=O) groups is 1. The molecule has 0 spiro atoms. The van der Waals surface area contributed by atoms with Gasteiger partial charge < -0.3 is 5.32 Å². The molecule has 0 aliphatic heterocycles. The molecule has 2 nitrogen and oxygen atoms in total. The van der Waals surface area contributed by atoms with Gasteiger partial charge in [0.15, 0.2) is 0 Å². The topological polar surface area (TPSA) is 29.1 Å². The highest BCUT2D eigenvalue weighted by molar-refractivity contribution is 5.79. The van der Waals surface area contributed by atoms with E-state index < -0.39 is 0 Å². The molecule has 0 aromatic carbocycles. The number of carbonyl (C=O) groups excluding carboxylic acids is 1. The van der Waals surface area contributed by atoms with Crippen molar-refractivity contribution in [2.45, 2.75) is 67.7 Å². The molecule has 0 aromatic heterocycles. The largest absolute Gasteiger partial charge is 0.359 e. The van der Waals surface area contributed by atoms with E-state index in [1.165, 1.54) is 6.42 Å². The first-order valence-electron chi connectivity index (χ1n) is 7.69. The van der Waals surface area contributed by atoms with Gasteiger partial charge in [0.05, 0.1) is 0 Å². The van der Waals surface area contributed by atoms with Crippen LogP contribution in [0.2, 0.25) is 0 Å². The molecule has 112 valence electrons. The molecular weight excluding hydrogens is 234 g/mol. The van der Waals surface area contributed by atoms with Crippen molar-refractivity contribution in [2.24, 2.45) is 28.1 Å². The van der Waals surface area contributed by atoms with Crippen LogP contribution in [0.25, 0.3) is 0 Å². The molecule has 1 N–H and O–H groups in total. The van der Waals surface area contributed by atoms with Crippen LogP contribution in [0.5, 0.6) is 0 Å². The summed E-state index contributed by atoms with van der Waals surface area (Å²) < 4.78 is 0. The Morgan fingerprint density at radius 2 is 1.84 bits per heavy atom. The molecule has 3 atom stereocenters. The van der Waals surface area contributed by atoms with Gasteiger partial charge in [-0.2, -0.15) is 0 Å². The van der Waals surface area contributed by atoms with E-state index in [0.29, 0.717) is 10.8 Å². The first-order valence-corrected chi connectivity index (χ1v) is 7.69. The zero-order valence-corrected chi connectivity index (χ0v) is 14.2. The average Bonchev–Trinajstić information content (AvgIpc) is 2.89. The highest BCUT2D eigenvalue weighted by Gasteiger charge is 2.57. The second kappa shape index (κ2) is 5.10. The lowest BCUT2D eigenvalue weighted by atomic mass is 9.69. The summed E-state index contributed by atoms with van der Waals surface area (Å²) in [6.45, 7) is 16.1. The smallest absolute Gasteiger partial charge is 0.223 e. The number of hydrogen-bond donors (Lipinski definition) is 1. The van der Waals surface area contributed by atoms with Crippen LogP contribution in [0.1, 0.15) is 67.7 Å². The standard InChI is InChI=1S/C17H33NO/c1-9-12(14(19)18-8)16(5,6)11-17(7)10-13(17)15(2,3)4/h12-13H,9-11H2,1-8H3,(H,18,19). The summed E-state index contributed by atoms with van der Waals surface area (Å²) in [5, 5.41) is 2.83. The van der Waals surface area contributed by atoms with Gasteiger partial charge in [-0.1, -0.05) is 48.5 Å². The van der Waals surface area contributed by atoms with Crippen LogP contribution in [-0.2, 0) is 4.79 Å². The number of amides is 1. The van der Waals surface area contributed by atoms with E-state index in [4.69, 9.17) is 0 Å². The summed E-state index contributed by atoms with van der Waals surface area (Å²) in [5.74, 6) is 1.11. The Kier molecular flexibility index (Phi) is 4.44. The Labute approximate surface area is 119 Å². The maximum absolute atomic E-state index is 12.1. The summed E-state index contributed by atoms with van der Waals surface area (Å²) in [6, 6.07) is 0. The van der Waals surface area contributed by atoms with Gasteiger partial charge in [0.25, 0.3) is 0 Å². The van der Waals surface area contributed by atoms with Gasteiger partial charge in [-0.15, -0.1) is 0 Å². The molecule has 3 unspecified atom stereocenters. The third-order valence-electron chi connectivity index (χ3n) is 5.17. The lowest BCUT2D eigenvalue weighted by Crippen LogP contribution is -2.38. The van der Waals surface area contributed by atoms with Crippen molar-refractivity contribution >= 4 is 5.91 Å². The van der Waals surface area contributed by atoms with Crippen LogP contribution >= 0.6 is 0 Å². The van der Waals surface area contributed by atoms with Crippen molar-refractivity contribution < 1.29 is 4.79 Å². The predicted molar refractivity (Wildman–Crippen MR) is 81.9 cm³/mol. The van der Waals surface area contributed by atoms with Gasteiger partial charge >= 0.3 is 0 Å². The molecule has 19 heavy (non-hydrogen) atoms. The fourth-order valence-corrected chi connectivity index (χ4v) is 4.39. The fraction of sp³-hybridized carbons (Fsp3) is 0.941. The summed E-state index contributed by atoms with van der Waals surface area (Å²) in [5.41, 5.74) is 0.881. The van der Waals surface area contributed by atoms with E-state index >= 15 is 0 Å². The molecule has 0 aromatic rings. The molecule has 0 radical (unpaired) electrons. The monoisotopic (exact) mass is 267 g/mol. The van der Waals surface area contributed by atoms with Crippen LogP contribution in [0, 0.1) is 28.1 Å². The third-order valence-corrected chi connectivity index (χ3v) is 5.17. The van der Waals surface area contributed by atoms with Gasteiger partial charge in [-0.25, -0.2) is 0 Å². The van der Waals surface area contributed by atoms with Crippen molar-refractivity contribution in [2.75, 3.05) is 7.05 Å². The minimum Gasteiger partial charge on any atom is -0.359 e. The van der Waals surface area contributed by atoms with Crippen molar-refractivity contribution in [1.29, 1.82) is 0 Å². The molecule has 1 aliphatic rings. The number of rotatable bonds is 5. The van der Waals surface area contributed by atoms with Crippen molar-refractivity contribution in [3.63, 3.8) is 0 Å². The fourth-order valence-electron chi connectivity index (χ4n) is 4.39. The molecule has 2 heteroatoms. The van der Waals surface area contributed by atoms with Crippen LogP contribution in [0.3, 0.4) is 0 Å². The Morgan fingerprint density at radius 3 is 2.16 bits per heavy atom. The van der Waals surface area contributed by atoms with E-state index in [9.17, 15) is 4.79 Å². The molecule has 1 saturated carbocycles. The van der Waals surface area contributed by atoms with E-state index in [2.05, 4.69) is 53.8 Å². The minimum atomic E-state index is 0.0730. The quantitative estimate of drug-likeness (QED) is 0.793. The SMILES string of the molecule is CCC(C(=O)NC)C(C)(C)CC1(C)CC1C(C)(C)C. The summed E-state index contributed by atoms with van der Waals surface area (Å²) in [7, 11) is 1.75. The van der Waals surface area contributed by atoms with Crippen molar-refractivity contribution in [3.05, 3.63) is 0 Å². The lowest BCUT2D eigenvalue weighted by molar-refractivity contribution is -0.128. The number of nitrogens with one attached hydrogen (secondary N) is 1. The Hall–Kier alpha value is -0.530. The van der Waals surface area contributed by atoms with Gasteiger partial charge in [-0.3, -0.25) is 4.79 Å². The molecule has 1 amide bonds. The zero-order chi connectivity index (χ0) is 15.1. The average molecular weight is 267 g/mol. The maximum atomic E-state index is 12.1. The van der Waals surface area contributed by atoms with Crippen molar-refractivity contribution in [1.82, 2.24) is 5.32 Å². The minimum absolute atomic E-state index is 0.0730. The third kappa shape index (κ3) is 3.52. The predicted octanol–water partition coefficient (Wildman–Crippen LogP) is 4.25. The van der Waals surface area contributed by atoms with Crippen molar-refractivity contribution in [3.8, 4) is 0 Å². The zero-order valence-electron chi connectivity index (χ0n) is 14.2. The van der Waals surface area contributed by atoms with E-state index in [0.717, 1.165) is 18.8 Å². The first-order chi connectivity index (χ1) is 8.48. The highest BCUT2D eigenvalue weighted by atomic mass is 16.1. The second-order valence-electron chi connectivity index (χ2n) is 8.52. The molecule has 0 heterocycles. The van der Waals surface area contributed by atoms with E-state index in [-0.39, 0.29) is 17.2 Å². The molecule has 0 bridgehead atoms. The molecule has 1 fully saturated rings. The van der Waals surface area contributed by atoms with Gasteiger partial charge in [0.2, 0.25) is 5.91 Å². The number of hydrogen-bond acceptors (Lipinski definition) is 1. The summed E-state index contributed by atoms with van der Waals surface area (Å²) >= 11 is 0. The summed E-state index contributed by atoms with van der Waals surface area (Å²) in [6.07, 6.45) is 3.38.